The van der Waals surface area contributed by atoms with Crippen LogP contribution in [0.25, 0.3) is 43.8 Å². The largest absolute Gasteiger partial charge is 0.508 e. The molecular weight excluding hydrogens is 712 g/mol. The molecule has 242 valence electrons. The lowest BCUT2D eigenvalue weighted by Gasteiger charge is -2.18. The molecule has 5 aromatic carbocycles. The third kappa shape index (κ3) is 7.16. The van der Waals surface area contributed by atoms with Crippen LogP contribution in [0.15, 0.2) is 129 Å². The van der Waals surface area contributed by atoms with Crippen LogP contribution in [0.5, 0.6) is 11.5 Å². The van der Waals surface area contributed by atoms with Crippen LogP contribution in [-0.4, -0.2) is 32.3 Å². The van der Waals surface area contributed by atoms with Gasteiger partial charge < -0.3 is 32.1 Å². The molecule has 0 spiro atoms. The summed E-state index contributed by atoms with van der Waals surface area (Å²) in [4.78, 5) is 1.08. The number of thiophene rings is 1. The Balaban J connectivity index is 0.000000188. The van der Waals surface area contributed by atoms with Gasteiger partial charge in [-0.15, -0.1) is 11.3 Å². The molecule has 0 bridgehead atoms. The van der Waals surface area contributed by atoms with E-state index in [-0.39, 0.29) is 23.2 Å². The lowest BCUT2D eigenvalue weighted by Crippen LogP contribution is -2.15. The summed E-state index contributed by atoms with van der Waals surface area (Å²) in [6, 6.07) is 32.8. The van der Waals surface area contributed by atoms with Gasteiger partial charge in [-0.05, 0) is 92.4 Å². The second-order valence-corrected chi connectivity index (χ2v) is 12.7. The van der Waals surface area contributed by atoms with Crippen molar-refractivity contribution in [3.05, 3.63) is 141 Å². The van der Waals surface area contributed by atoms with Gasteiger partial charge in [-0.3, -0.25) is 0 Å². The van der Waals surface area contributed by atoms with E-state index in [1.807, 2.05) is 79.0 Å². The molecule has 0 aliphatic heterocycles. The van der Waals surface area contributed by atoms with E-state index in [0.29, 0.717) is 20.6 Å². The Hall–Kier alpha value is -5.29. The molecular formula is C37H30BrClN4O4S. The van der Waals surface area contributed by atoms with Crippen molar-refractivity contribution in [3.8, 4) is 55.3 Å². The van der Waals surface area contributed by atoms with E-state index in [1.54, 1.807) is 53.8 Å². The van der Waals surface area contributed by atoms with Crippen LogP contribution in [0.4, 0.5) is 0 Å². The second-order valence-electron chi connectivity index (χ2n) is 10.6. The summed E-state index contributed by atoms with van der Waals surface area (Å²) in [5, 5.41) is 46.2. The first kappa shape index (κ1) is 34.1. The maximum atomic E-state index is 9.58. The second kappa shape index (κ2) is 15.1. The van der Waals surface area contributed by atoms with E-state index >= 15 is 0 Å². The Morgan fingerprint density at radius 2 is 1.23 bits per heavy atom. The number of rotatable bonds is 6. The average Bonchev–Trinajstić information content (AvgIpc) is 3.54. The van der Waals surface area contributed by atoms with Gasteiger partial charge in [0, 0.05) is 37.2 Å². The minimum atomic E-state index is -0.0174. The molecule has 0 aliphatic carbocycles. The fraction of sp³-hybridized carbons (Fsp3) is 0.0270. The monoisotopic (exact) mass is 740 g/mol. The molecule has 6 aromatic rings. The maximum Gasteiger partial charge on any atom is 0.170 e. The topological polar surface area (TPSA) is 158 Å². The van der Waals surface area contributed by atoms with Gasteiger partial charge in [-0.2, -0.15) is 0 Å². The Kier molecular flexibility index (Phi) is 10.7. The van der Waals surface area contributed by atoms with Crippen molar-refractivity contribution in [1.82, 2.24) is 0 Å². The normalized spacial score (nSPS) is 11.6. The first-order chi connectivity index (χ1) is 23.1. The highest BCUT2D eigenvalue weighted by Gasteiger charge is 2.21. The number of amidine groups is 2. The average molecular weight is 742 g/mol. The lowest BCUT2D eigenvalue weighted by molar-refractivity contribution is 0.318. The zero-order chi connectivity index (χ0) is 34.4. The fourth-order valence-electron chi connectivity index (χ4n) is 5.26. The molecule has 0 fully saturated rings. The van der Waals surface area contributed by atoms with Crippen LogP contribution in [0.1, 0.15) is 16.7 Å². The minimum Gasteiger partial charge on any atom is -0.508 e. The molecule has 1 aromatic heterocycles. The van der Waals surface area contributed by atoms with Gasteiger partial charge in [0.2, 0.25) is 0 Å². The smallest absolute Gasteiger partial charge is 0.170 e. The quantitative estimate of drug-likeness (QED) is 0.0432. The molecule has 11 heteroatoms. The van der Waals surface area contributed by atoms with Gasteiger partial charge in [0.05, 0.1) is 5.02 Å². The summed E-state index contributed by atoms with van der Waals surface area (Å²) < 4.78 is 0.624. The number of hydrogen-bond acceptors (Lipinski definition) is 7. The zero-order valence-corrected chi connectivity index (χ0v) is 28.6. The van der Waals surface area contributed by atoms with E-state index in [2.05, 4.69) is 26.2 Å². The SMILES string of the molecule is Cc1ccsc1-c1c(C(N)=NO)cccc1-c1ccc(O)cc1.NC(=NO)c1cc(Br)c(Cl)c(-c2ccc(O)cc2)c1-c1ccccc1. The number of benzene rings is 5. The maximum absolute atomic E-state index is 9.58. The van der Waals surface area contributed by atoms with E-state index in [0.717, 1.165) is 49.4 Å². The van der Waals surface area contributed by atoms with E-state index in [1.165, 1.54) is 0 Å². The Morgan fingerprint density at radius 1 is 0.667 bits per heavy atom. The predicted octanol–water partition coefficient (Wildman–Crippen LogP) is 9.43. The van der Waals surface area contributed by atoms with Crippen molar-refractivity contribution in [1.29, 1.82) is 0 Å². The van der Waals surface area contributed by atoms with Crippen molar-refractivity contribution in [3.63, 3.8) is 0 Å². The standard InChI is InChI=1S/C19H14BrClN2O2.C18H16N2O2S/c20-15-10-14(19(22)23-25)16(11-4-2-1-3-5-11)17(18(15)21)12-6-8-13(24)9-7-12;1-11-9-10-23-17(11)16-14(12-5-7-13(21)8-6-12)3-2-4-15(16)18(19)20-22/h1-10,24-25H,(H2,22,23);2-10,21-22H,1H3,(H2,19,20). The molecule has 8 nitrogen and oxygen atoms in total. The van der Waals surface area contributed by atoms with Crippen LogP contribution < -0.4 is 11.5 Å². The summed E-state index contributed by atoms with van der Waals surface area (Å²) in [7, 11) is 0. The molecule has 0 saturated heterocycles. The lowest BCUT2D eigenvalue weighted by atomic mass is 9.90. The molecule has 0 radical (unpaired) electrons. The molecule has 48 heavy (non-hydrogen) atoms. The first-order valence-corrected chi connectivity index (χ1v) is 16.5. The third-order valence-corrected chi connectivity index (χ3v) is 9.82. The van der Waals surface area contributed by atoms with Crippen LogP contribution in [-0.2, 0) is 0 Å². The van der Waals surface area contributed by atoms with Crippen molar-refractivity contribution in [2.45, 2.75) is 6.92 Å². The summed E-state index contributed by atoms with van der Waals surface area (Å²) in [6.07, 6.45) is 0. The van der Waals surface area contributed by atoms with E-state index in [4.69, 9.17) is 28.3 Å². The van der Waals surface area contributed by atoms with Gasteiger partial charge in [0.1, 0.15) is 11.5 Å². The molecule has 1 heterocycles. The Labute approximate surface area is 294 Å². The molecule has 6 rings (SSSR count). The van der Waals surface area contributed by atoms with E-state index in [9.17, 15) is 15.4 Å². The van der Waals surface area contributed by atoms with Gasteiger partial charge in [-0.1, -0.05) is 94.7 Å². The number of hydrogen-bond donors (Lipinski definition) is 6. The fourth-order valence-corrected chi connectivity index (χ4v) is 6.95. The number of aromatic hydroxyl groups is 2. The molecule has 0 atom stereocenters. The molecule has 0 amide bonds. The minimum absolute atomic E-state index is 0.0174. The predicted molar refractivity (Wildman–Crippen MR) is 198 cm³/mol. The number of halogens is 2. The Morgan fingerprint density at radius 3 is 1.79 bits per heavy atom. The van der Waals surface area contributed by atoms with Gasteiger partial charge in [0.25, 0.3) is 0 Å². The number of phenols is 2. The van der Waals surface area contributed by atoms with Crippen LogP contribution in [0.2, 0.25) is 5.02 Å². The summed E-state index contributed by atoms with van der Waals surface area (Å²) in [6.45, 7) is 2.04. The van der Waals surface area contributed by atoms with Crippen LogP contribution in [0.3, 0.4) is 0 Å². The summed E-state index contributed by atoms with van der Waals surface area (Å²) in [5.41, 5.74) is 20.2. The van der Waals surface area contributed by atoms with Crippen molar-refractivity contribution < 1.29 is 20.6 Å². The summed E-state index contributed by atoms with van der Waals surface area (Å²) >= 11 is 11.6. The molecule has 0 aliphatic rings. The highest BCUT2D eigenvalue weighted by molar-refractivity contribution is 9.10. The van der Waals surface area contributed by atoms with Crippen molar-refractivity contribution >= 4 is 50.5 Å². The molecule has 8 N–H and O–H groups in total. The van der Waals surface area contributed by atoms with Crippen molar-refractivity contribution in [2.75, 3.05) is 0 Å². The van der Waals surface area contributed by atoms with Crippen LogP contribution in [0, 0.1) is 6.92 Å². The first-order valence-electron chi connectivity index (χ1n) is 14.4. The van der Waals surface area contributed by atoms with Gasteiger partial charge in [-0.25, -0.2) is 0 Å². The Bertz CT molecular complexity index is 2120. The zero-order valence-electron chi connectivity index (χ0n) is 25.5. The summed E-state index contributed by atoms with van der Waals surface area (Å²) in [5.74, 6) is 0.438. The highest BCUT2D eigenvalue weighted by Crippen LogP contribution is 2.44. The van der Waals surface area contributed by atoms with Gasteiger partial charge in [0.15, 0.2) is 11.7 Å². The molecule has 0 unspecified atom stereocenters. The number of nitrogens with two attached hydrogens (primary N) is 2. The number of phenolic OH excluding ortho intramolecular Hbond substituents is 2. The highest BCUT2D eigenvalue weighted by atomic mass is 79.9. The molecule has 0 saturated carbocycles. The number of aryl methyl sites for hydroxylation is 1. The van der Waals surface area contributed by atoms with Crippen molar-refractivity contribution in [2.24, 2.45) is 21.8 Å². The van der Waals surface area contributed by atoms with Crippen LogP contribution >= 0.6 is 38.9 Å². The van der Waals surface area contributed by atoms with E-state index < -0.39 is 0 Å². The van der Waals surface area contributed by atoms with Gasteiger partial charge >= 0.3 is 0 Å². The number of nitrogens with zero attached hydrogens (tertiary/aromatic N) is 2. The number of oxime groups is 2. The third-order valence-electron chi connectivity index (χ3n) is 7.54.